The zero-order valence-corrected chi connectivity index (χ0v) is 9.91. The van der Waals surface area contributed by atoms with Crippen molar-refractivity contribution in [1.29, 1.82) is 0 Å². The molecule has 0 atom stereocenters. The second kappa shape index (κ2) is 5.06. The Morgan fingerprint density at radius 3 is 2.67 bits per heavy atom. The van der Waals surface area contributed by atoms with Gasteiger partial charge in [0.15, 0.2) is 0 Å². The fraction of sp³-hybridized carbons (Fsp3) is 0.667. The molecule has 0 aliphatic rings. The van der Waals surface area contributed by atoms with Gasteiger partial charge in [-0.3, -0.25) is 4.79 Å². The van der Waals surface area contributed by atoms with Crippen molar-refractivity contribution in [2.24, 2.45) is 0 Å². The molecular weight excluding hydrogens is 214 g/mol. The van der Waals surface area contributed by atoms with Gasteiger partial charge < -0.3 is 10.0 Å². The summed E-state index contributed by atoms with van der Waals surface area (Å²) >= 11 is 1.25. The number of carboxylic acid groups (broad SMARTS) is 1. The number of likely N-dealkylation sites (N-methyl/N-ethyl adjacent to an activating group) is 1. The molecule has 0 bridgehead atoms. The van der Waals surface area contributed by atoms with E-state index in [0.29, 0.717) is 11.7 Å². The second-order valence-corrected chi connectivity index (χ2v) is 4.23. The number of carbonyl (C=O) groups is 1. The van der Waals surface area contributed by atoms with Gasteiger partial charge in [-0.25, -0.2) is 4.98 Å². The minimum atomic E-state index is -0.849. The van der Waals surface area contributed by atoms with Gasteiger partial charge in [0, 0.05) is 24.0 Å². The first-order chi connectivity index (χ1) is 7.04. The van der Waals surface area contributed by atoms with Crippen LogP contribution in [0.3, 0.4) is 0 Å². The molecule has 0 fully saturated rings. The van der Waals surface area contributed by atoms with Gasteiger partial charge >= 0.3 is 5.97 Å². The molecule has 0 spiro atoms. The van der Waals surface area contributed by atoms with Crippen LogP contribution in [0.25, 0.3) is 0 Å². The number of carboxylic acids is 1. The quantitative estimate of drug-likeness (QED) is 0.830. The highest BCUT2D eigenvalue weighted by molar-refractivity contribution is 7.09. The van der Waals surface area contributed by atoms with Crippen LogP contribution in [0.15, 0.2) is 0 Å². The summed E-state index contributed by atoms with van der Waals surface area (Å²) in [5.41, 5.74) is 0. The van der Waals surface area contributed by atoms with E-state index in [4.69, 9.17) is 5.11 Å². The molecule has 0 saturated heterocycles. The molecule has 84 valence electrons. The molecule has 5 nitrogen and oxygen atoms in total. The smallest absolute Gasteiger partial charge is 0.323 e. The summed E-state index contributed by atoms with van der Waals surface area (Å²) in [6.45, 7) is 6.53. The Hall–Kier alpha value is -1.17. The third-order valence-corrected chi connectivity index (χ3v) is 2.72. The predicted octanol–water partition coefficient (Wildman–Crippen LogP) is 1.57. The first-order valence-electron chi connectivity index (χ1n) is 4.85. The van der Waals surface area contributed by atoms with Crippen molar-refractivity contribution < 1.29 is 9.90 Å². The van der Waals surface area contributed by atoms with E-state index in [1.165, 1.54) is 11.5 Å². The number of aliphatic carboxylic acids is 1. The number of anilines is 1. The van der Waals surface area contributed by atoms with Gasteiger partial charge in [0.2, 0.25) is 5.13 Å². The highest BCUT2D eigenvalue weighted by Gasteiger charge is 2.14. The standard InChI is InChI=1S/C9H15N3O2S/c1-4-12(5-7(13)14)9-10-8(6(2)3)11-15-9/h6H,4-5H2,1-3H3,(H,13,14). The zero-order chi connectivity index (χ0) is 11.4. The largest absolute Gasteiger partial charge is 0.480 e. The van der Waals surface area contributed by atoms with Crippen LogP contribution >= 0.6 is 11.5 Å². The maximum atomic E-state index is 10.6. The third kappa shape index (κ3) is 3.16. The molecule has 1 aromatic rings. The van der Waals surface area contributed by atoms with Crippen LogP contribution in [0.4, 0.5) is 5.13 Å². The lowest BCUT2D eigenvalue weighted by atomic mass is 10.2. The molecule has 1 aromatic heterocycles. The van der Waals surface area contributed by atoms with Crippen LogP contribution in [0, 0.1) is 0 Å². The molecule has 0 unspecified atom stereocenters. The lowest BCUT2D eigenvalue weighted by Gasteiger charge is -2.15. The zero-order valence-electron chi connectivity index (χ0n) is 9.10. The van der Waals surface area contributed by atoms with E-state index in [9.17, 15) is 4.79 Å². The van der Waals surface area contributed by atoms with E-state index < -0.39 is 5.97 Å². The summed E-state index contributed by atoms with van der Waals surface area (Å²) in [5.74, 6) is 0.204. The van der Waals surface area contributed by atoms with Crippen molar-refractivity contribution in [1.82, 2.24) is 9.36 Å². The van der Waals surface area contributed by atoms with Gasteiger partial charge in [0.05, 0.1) is 0 Å². The van der Waals surface area contributed by atoms with E-state index in [1.807, 2.05) is 20.8 Å². The Balaban J connectivity index is 2.78. The van der Waals surface area contributed by atoms with E-state index in [0.717, 1.165) is 5.82 Å². The third-order valence-electron chi connectivity index (χ3n) is 1.93. The first-order valence-corrected chi connectivity index (χ1v) is 5.62. The van der Waals surface area contributed by atoms with Gasteiger partial charge in [0.1, 0.15) is 12.4 Å². The van der Waals surface area contributed by atoms with Crippen LogP contribution < -0.4 is 4.90 Å². The molecule has 0 aliphatic heterocycles. The molecule has 0 aromatic carbocycles. The fourth-order valence-corrected chi connectivity index (χ4v) is 1.94. The number of nitrogens with zero attached hydrogens (tertiary/aromatic N) is 3. The molecule has 15 heavy (non-hydrogen) atoms. The van der Waals surface area contributed by atoms with E-state index in [2.05, 4.69) is 9.36 Å². The van der Waals surface area contributed by atoms with Crippen molar-refractivity contribution in [3.8, 4) is 0 Å². The van der Waals surface area contributed by atoms with Gasteiger partial charge in [-0.05, 0) is 6.92 Å². The summed E-state index contributed by atoms with van der Waals surface area (Å²) in [7, 11) is 0. The summed E-state index contributed by atoms with van der Waals surface area (Å²) < 4.78 is 4.19. The molecule has 0 amide bonds. The Kier molecular flexibility index (Phi) is 4.02. The summed E-state index contributed by atoms with van der Waals surface area (Å²) in [6.07, 6.45) is 0. The molecular formula is C9H15N3O2S. The molecule has 0 radical (unpaired) electrons. The normalized spacial score (nSPS) is 10.7. The molecule has 1 rings (SSSR count). The Morgan fingerprint density at radius 1 is 1.60 bits per heavy atom. The van der Waals surface area contributed by atoms with Gasteiger partial charge in [-0.1, -0.05) is 13.8 Å². The number of hydrogen-bond acceptors (Lipinski definition) is 5. The minimum Gasteiger partial charge on any atom is -0.480 e. The SMILES string of the molecule is CCN(CC(=O)O)c1nc(C(C)C)ns1. The van der Waals surface area contributed by atoms with Crippen molar-refractivity contribution in [3.63, 3.8) is 0 Å². The average molecular weight is 229 g/mol. The van der Waals surface area contributed by atoms with Gasteiger partial charge in [-0.15, -0.1) is 0 Å². The number of rotatable bonds is 5. The van der Waals surface area contributed by atoms with Crippen LogP contribution in [0.5, 0.6) is 0 Å². The summed E-state index contributed by atoms with van der Waals surface area (Å²) in [4.78, 5) is 16.6. The van der Waals surface area contributed by atoms with Gasteiger partial charge in [-0.2, -0.15) is 4.37 Å². The minimum absolute atomic E-state index is 0.0246. The summed E-state index contributed by atoms with van der Waals surface area (Å²) in [5, 5.41) is 9.39. The topological polar surface area (TPSA) is 66.3 Å². The van der Waals surface area contributed by atoms with Crippen molar-refractivity contribution in [2.75, 3.05) is 18.0 Å². The highest BCUT2D eigenvalue weighted by Crippen LogP contribution is 2.20. The van der Waals surface area contributed by atoms with Crippen molar-refractivity contribution >= 4 is 22.6 Å². The fourth-order valence-electron chi connectivity index (χ4n) is 1.07. The monoisotopic (exact) mass is 229 g/mol. The van der Waals surface area contributed by atoms with Crippen LogP contribution in [0.2, 0.25) is 0 Å². The average Bonchev–Trinajstić information content (AvgIpc) is 2.62. The predicted molar refractivity (Wildman–Crippen MR) is 59.5 cm³/mol. The molecule has 0 aliphatic carbocycles. The van der Waals surface area contributed by atoms with E-state index in [-0.39, 0.29) is 12.5 Å². The Morgan fingerprint density at radius 2 is 2.27 bits per heavy atom. The maximum Gasteiger partial charge on any atom is 0.323 e. The second-order valence-electron chi connectivity index (χ2n) is 3.50. The summed E-state index contributed by atoms with van der Waals surface area (Å²) in [6, 6.07) is 0. The molecule has 6 heteroatoms. The molecule has 1 heterocycles. The van der Waals surface area contributed by atoms with Crippen LogP contribution in [-0.2, 0) is 4.79 Å². The van der Waals surface area contributed by atoms with Crippen LogP contribution in [-0.4, -0.2) is 33.5 Å². The van der Waals surface area contributed by atoms with E-state index >= 15 is 0 Å². The van der Waals surface area contributed by atoms with Crippen LogP contribution in [0.1, 0.15) is 32.5 Å². The Bertz CT molecular complexity index is 338. The Labute approximate surface area is 92.9 Å². The number of aromatic nitrogens is 2. The number of hydrogen-bond donors (Lipinski definition) is 1. The van der Waals surface area contributed by atoms with Crippen molar-refractivity contribution in [3.05, 3.63) is 5.82 Å². The first kappa shape index (κ1) is 11.9. The van der Waals surface area contributed by atoms with Crippen molar-refractivity contribution in [2.45, 2.75) is 26.7 Å². The highest BCUT2D eigenvalue weighted by atomic mass is 32.1. The lowest BCUT2D eigenvalue weighted by molar-refractivity contribution is -0.135. The maximum absolute atomic E-state index is 10.6. The molecule has 0 saturated carbocycles. The molecule has 1 N–H and O–H groups in total. The lowest BCUT2D eigenvalue weighted by Crippen LogP contribution is -2.29. The van der Waals surface area contributed by atoms with E-state index in [1.54, 1.807) is 4.90 Å². The van der Waals surface area contributed by atoms with Gasteiger partial charge in [0.25, 0.3) is 0 Å².